The molecule has 0 saturated heterocycles. The predicted octanol–water partition coefficient (Wildman–Crippen LogP) is 4.71. The van der Waals surface area contributed by atoms with Gasteiger partial charge in [-0.2, -0.15) is 23.5 Å². The van der Waals surface area contributed by atoms with Gasteiger partial charge in [0, 0.05) is 12.6 Å². The Morgan fingerprint density at radius 2 is 2.00 bits per heavy atom. The van der Waals surface area contributed by atoms with Crippen LogP contribution in [0.1, 0.15) is 29.7 Å². The van der Waals surface area contributed by atoms with Gasteiger partial charge in [-0.15, -0.1) is 0 Å². The molecule has 2 heterocycles. The van der Waals surface area contributed by atoms with Gasteiger partial charge >= 0.3 is 6.18 Å². The molecule has 0 amide bonds. The Morgan fingerprint density at radius 3 is 2.63 bits per heavy atom. The molecule has 1 aromatic carbocycles. The molecule has 4 rings (SSSR count). The first-order valence-electron chi connectivity index (χ1n) is 8.40. The number of hydrogen-bond acceptors (Lipinski definition) is 3. The number of alkyl halides is 4. The molecule has 1 fully saturated rings. The zero-order chi connectivity index (χ0) is 19.2. The second-order valence-electron chi connectivity index (χ2n) is 6.70. The summed E-state index contributed by atoms with van der Waals surface area (Å²) in [7, 11) is 0. The van der Waals surface area contributed by atoms with Crippen LogP contribution in [0.5, 0.6) is 0 Å². The summed E-state index contributed by atoms with van der Waals surface area (Å²) in [6.45, 7) is -0.590. The topological polar surface area (TPSA) is 65.4 Å². The fourth-order valence-corrected chi connectivity index (χ4v) is 3.36. The number of aromatic amines is 1. The van der Waals surface area contributed by atoms with Gasteiger partial charge in [-0.05, 0) is 47.2 Å². The van der Waals surface area contributed by atoms with Gasteiger partial charge < -0.3 is 0 Å². The third-order valence-electron chi connectivity index (χ3n) is 4.94. The Labute approximate surface area is 151 Å². The van der Waals surface area contributed by atoms with E-state index in [2.05, 4.69) is 16.2 Å². The standard InChI is InChI=1S/C19H14F4N4/c20-5-1-11-7-12(9-13(8-11)18(10-24)3-4-18)14-2-6-25-17-15(14)16(26-27-17)19(21,22)23/h2,6-9H,1,3-5H2,(H,25,26,27). The number of nitrogens with zero attached hydrogens (tertiary/aromatic N) is 3. The van der Waals surface area contributed by atoms with Crippen molar-refractivity contribution >= 4 is 11.0 Å². The molecule has 3 aromatic rings. The molecule has 1 saturated carbocycles. The highest BCUT2D eigenvalue weighted by molar-refractivity contribution is 5.95. The highest BCUT2D eigenvalue weighted by Crippen LogP contribution is 2.49. The van der Waals surface area contributed by atoms with Gasteiger partial charge in [0.2, 0.25) is 0 Å². The number of nitriles is 1. The Morgan fingerprint density at radius 1 is 1.22 bits per heavy atom. The molecule has 0 bridgehead atoms. The van der Waals surface area contributed by atoms with Gasteiger partial charge in [0.05, 0.1) is 23.5 Å². The van der Waals surface area contributed by atoms with Crippen LogP contribution in [0.15, 0.2) is 30.5 Å². The number of rotatable bonds is 4. The van der Waals surface area contributed by atoms with E-state index in [-0.39, 0.29) is 17.5 Å². The van der Waals surface area contributed by atoms with Crippen molar-refractivity contribution in [2.75, 3.05) is 6.67 Å². The molecule has 27 heavy (non-hydrogen) atoms. The van der Waals surface area contributed by atoms with Crippen molar-refractivity contribution in [3.63, 3.8) is 0 Å². The number of nitrogens with one attached hydrogen (secondary N) is 1. The molecule has 1 aliphatic carbocycles. The highest BCUT2D eigenvalue weighted by atomic mass is 19.4. The number of aromatic nitrogens is 3. The zero-order valence-electron chi connectivity index (χ0n) is 14.1. The molecule has 0 unspecified atom stereocenters. The largest absolute Gasteiger partial charge is 0.433 e. The van der Waals surface area contributed by atoms with Crippen molar-refractivity contribution in [1.82, 2.24) is 15.2 Å². The van der Waals surface area contributed by atoms with Gasteiger partial charge in [-0.3, -0.25) is 9.49 Å². The molecule has 1 aliphatic rings. The van der Waals surface area contributed by atoms with Gasteiger partial charge in [-0.25, -0.2) is 4.98 Å². The van der Waals surface area contributed by atoms with E-state index < -0.39 is 24.0 Å². The zero-order valence-corrected chi connectivity index (χ0v) is 14.1. The van der Waals surface area contributed by atoms with Gasteiger partial charge in [0.15, 0.2) is 5.65 Å². The van der Waals surface area contributed by atoms with Crippen LogP contribution in [-0.4, -0.2) is 21.9 Å². The van der Waals surface area contributed by atoms with Gasteiger partial charge in [0.25, 0.3) is 0 Å². The van der Waals surface area contributed by atoms with E-state index in [9.17, 15) is 22.8 Å². The maximum atomic E-state index is 13.4. The van der Waals surface area contributed by atoms with E-state index >= 15 is 0 Å². The lowest BCUT2D eigenvalue weighted by Gasteiger charge is -2.14. The van der Waals surface area contributed by atoms with E-state index in [1.165, 1.54) is 12.3 Å². The molecule has 0 spiro atoms. The molecular weight excluding hydrogens is 360 g/mol. The average molecular weight is 374 g/mol. The molecular formula is C19H14F4N4. The number of benzene rings is 1. The van der Waals surface area contributed by atoms with Crippen LogP contribution in [0.4, 0.5) is 17.6 Å². The minimum absolute atomic E-state index is 0.0429. The van der Waals surface area contributed by atoms with E-state index in [0.717, 1.165) is 0 Å². The number of aryl methyl sites for hydroxylation is 1. The lowest BCUT2D eigenvalue weighted by Crippen LogP contribution is -2.07. The summed E-state index contributed by atoms with van der Waals surface area (Å²) in [4.78, 5) is 3.91. The van der Waals surface area contributed by atoms with E-state index in [0.29, 0.717) is 35.1 Å². The third-order valence-corrected chi connectivity index (χ3v) is 4.94. The van der Waals surface area contributed by atoms with Crippen molar-refractivity contribution in [3.8, 4) is 17.2 Å². The number of hydrogen-bond donors (Lipinski definition) is 1. The summed E-state index contributed by atoms with van der Waals surface area (Å²) in [5.74, 6) is 0. The van der Waals surface area contributed by atoms with Crippen LogP contribution in [0.2, 0.25) is 0 Å². The second kappa shape index (κ2) is 6.05. The predicted molar refractivity (Wildman–Crippen MR) is 90.5 cm³/mol. The molecule has 138 valence electrons. The van der Waals surface area contributed by atoms with Crippen molar-refractivity contribution in [1.29, 1.82) is 5.26 Å². The molecule has 8 heteroatoms. The van der Waals surface area contributed by atoms with E-state index in [1.54, 1.807) is 18.2 Å². The highest BCUT2D eigenvalue weighted by Gasteiger charge is 2.45. The number of pyridine rings is 1. The van der Waals surface area contributed by atoms with Crippen LogP contribution < -0.4 is 0 Å². The van der Waals surface area contributed by atoms with Crippen molar-refractivity contribution in [3.05, 3.63) is 47.3 Å². The molecule has 1 N–H and O–H groups in total. The quantitative estimate of drug-likeness (QED) is 0.673. The Hall–Kier alpha value is -2.95. The summed E-state index contributed by atoms with van der Waals surface area (Å²) in [5, 5.41) is 15.0. The Bertz CT molecular complexity index is 1060. The summed E-state index contributed by atoms with van der Waals surface area (Å²) in [5.41, 5.74) is 0.518. The smallest absolute Gasteiger partial charge is 0.271 e. The monoisotopic (exact) mass is 374 g/mol. The summed E-state index contributed by atoms with van der Waals surface area (Å²) >= 11 is 0. The van der Waals surface area contributed by atoms with Crippen molar-refractivity contribution in [2.45, 2.75) is 30.9 Å². The maximum absolute atomic E-state index is 13.4. The summed E-state index contributed by atoms with van der Waals surface area (Å²) < 4.78 is 53.1. The lowest BCUT2D eigenvalue weighted by molar-refractivity contribution is -0.139. The fourth-order valence-electron chi connectivity index (χ4n) is 3.36. The van der Waals surface area contributed by atoms with Crippen molar-refractivity contribution < 1.29 is 17.6 Å². The molecule has 0 radical (unpaired) electrons. The SMILES string of the molecule is N#CC1(c2cc(CCF)cc(-c3ccnc4n[nH]c(C(F)(F)F)c34)c2)CC1. The average Bonchev–Trinajstić information content (AvgIpc) is 3.31. The minimum Gasteiger partial charge on any atom is -0.271 e. The first-order chi connectivity index (χ1) is 12.9. The van der Waals surface area contributed by atoms with Gasteiger partial charge in [-0.1, -0.05) is 12.1 Å². The number of fused-ring (bicyclic) bond motifs is 1. The van der Waals surface area contributed by atoms with Crippen LogP contribution >= 0.6 is 0 Å². The lowest BCUT2D eigenvalue weighted by atomic mass is 9.90. The third kappa shape index (κ3) is 2.93. The molecule has 0 aliphatic heterocycles. The normalized spacial score (nSPS) is 15.7. The first kappa shape index (κ1) is 17.5. The Balaban J connectivity index is 1.96. The first-order valence-corrected chi connectivity index (χ1v) is 8.40. The van der Waals surface area contributed by atoms with Gasteiger partial charge in [0.1, 0.15) is 5.69 Å². The number of H-pyrrole nitrogens is 1. The summed E-state index contributed by atoms with van der Waals surface area (Å²) in [6, 6.07) is 8.93. The minimum atomic E-state index is -4.61. The van der Waals surface area contributed by atoms with Crippen LogP contribution in [0.25, 0.3) is 22.2 Å². The second-order valence-corrected chi connectivity index (χ2v) is 6.70. The molecule has 4 nitrogen and oxygen atoms in total. The molecule has 2 aromatic heterocycles. The maximum Gasteiger partial charge on any atom is 0.433 e. The summed E-state index contributed by atoms with van der Waals surface area (Å²) in [6.07, 6.45) is -1.72. The van der Waals surface area contributed by atoms with E-state index in [1.807, 2.05) is 5.10 Å². The fraction of sp³-hybridized carbons (Fsp3) is 0.316. The van der Waals surface area contributed by atoms with Crippen LogP contribution in [0.3, 0.4) is 0 Å². The number of halogens is 4. The van der Waals surface area contributed by atoms with Crippen LogP contribution in [0, 0.1) is 11.3 Å². The Kier molecular flexibility index (Phi) is 3.91. The van der Waals surface area contributed by atoms with Crippen molar-refractivity contribution in [2.24, 2.45) is 0 Å². The van der Waals surface area contributed by atoms with Crippen LogP contribution in [-0.2, 0) is 18.0 Å². The van der Waals surface area contributed by atoms with E-state index in [4.69, 9.17) is 0 Å². The molecule has 0 atom stereocenters.